The molecule has 0 radical (unpaired) electrons. The SMILES string of the molecule is N#Cc1ccccc1Oc1cc(Oc2ccccc2C(O)C(=O)O)ncn1. The standard InChI is InChI=1S/C19H13N3O5/c20-10-12-5-1-3-7-14(12)26-16-9-17(22-11-21-16)27-15-8-4-2-6-13(15)18(23)19(24)25/h1-9,11,18,23H,(H,24,25). The van der Waals surface area contributed by atoms with E-state index in [1.807, 2.05) is 6.07 Å². The topological polar surface area (TPSA) is 126 Å². The predicted octanol–water partition coefficient (Wildman–Crippen LogP) is 3.05. The summed E-state index contributed by atoms with van der Waals surface area (Å²) in [6, 6.07) is 16.2. The van der Waals surface area contributed by atoms with Gasteiger partial charge in [0.05, 0.1) is 11.6 Å². The second-order valence-corrected chi connectivity index (χ2v) is 5.29. The number of aliphatic carboxylic acids is 1. The van der Waals surface area contributed by atoms with Crippen molar-refractivity contribution in [2.75, 3.05) is 0 Å². The van der Waals surface area contributed by atoms with Gasteiger partial charge >= 0.3 is 5.97 Å². The van der Waals surface area contributed by atoms with Crippen molar-refractivity contribution in [1.82, 2.24) is 9.97 Å². The Labute approximate surface area is 153 Å². The molecule has 0 amide bonds. The summed E-state index contributed by atoms with van der Waals surface area (Å²) in [6.45, 7) is 0. The van der Waals surface area contributed by atoms with Crippen LogP contribution in [0.4, 0.5) is 0 Å². The summed E-state index contributed by atoms with van der Waals surface area (Å²) in [5, 5.41) is 27.9. The van der Waals surface area contributed by atoms with Crippen LogP contribution in [0.5, 0.6) is 23.3 Å². The van der Waals surface area contributed by atoms with Gasteiger partial charge in [0.15, 0.2) is 6.10 Å². The quantitative estimate of drug-likeness (QED) is 0.684. The first-order chi connectivity index (χ1) is 13.1. The molecule has 0 aliphatic carbocycles. The van der Waals surface area contributed by atoms with E-state index in [0.717, 1.165) is 0 Å². The van der Waals surface area contributed by atoms with Crippen LogP contribution in [0, 0.1) is 11.3 Å². The van der Waals surface area contributed by atoms with E-state index in [0.29, 0.717) is 11.3 Å². The lowest BCUT2D eigenvalue weighted by molar-refractivity contribution is -0.147. The Balaban J connectivity index is 1.85. The van der Waals surface area contributed by atoms with E-state index in [1.165, 1.54) is 24.5 Å². The third-order valence-corrected chi connectivity index (χ3v) is 3.50. The Morgan fingerprint density at radius 3 is 2.26 bits per heavy atom. The average Bonchev–Trinajstić information content (AvgIpc) is 2.68. The third-order valence-electron chi connectivity index (χ3n) is 3.50. The number of carboxylic acid groups (broad SMARTS) is 1. The highest BCUT2D eigenvalue weighted by Crippen LogP contribution is 2.31. The van der Waals surface area contributed by atoms with Crippen LogP contribution in [0.15, 0.2) is 60.9 Å². The average molecular weight is 363 g/mol. The van der Waals surface area contributed by atoms with Crippen molar-refractivity contribution in [1.29, 1.82) is 5.26 Å². The second-order valence-electron chi connectivity index (χ2n) is 5.29. The molecule has 0 saturated carbocycles. The molecule has 1 aromatic heterocycles. The van der Waals surface area contributed by atoms with Gasteiger partial charge in [-0.1, -0.05) is 30.3 Å². The number of para-hydroxylation sites is 2. The number of rotatable bonds is 6. The first kappa shape index (κ1) is 17.8. The van der Waals surface area contributed by atoms with Crippen LogP contribution < -0.4 is 9.47 Å². The minimum absolute atomic E-state index is 0.0828. The Hall–Kier alpha value is -3.96. The third kappa shape index (κ3) is 4.18. The maximum absolute atomic E-state index is 11.0. The van der Waals surface area contributed by atoms with Gasteiger partial charge in [0.1, 0.15) is 23.9 Å². The van der Waals surface area contributed by atoms with Crippen LogP contribution in [0.1, 0.15) is 17.2 Å². The Morgan fingerprint density at radius 2 is 1.59 bits per heavy atom. The number of carbonyl (C=O) groups is 1. The highest BCUT2D eigenvalue weighted by Gasteiger charge is 2.20. The first-order valence-corrected chi connectivity index (χ1v) is 7.75. The van der Waals surface area contributed by atoms with Gasteiger partial charge in [-0.3, -0.25) is 0 Å². The van der Waals surface area contributed by atoms with Crippen molar-refractivity contribution in [3.8, 4) is 29.3 Å². The monoisotopic (exact) mass is 363 g/mol. The lowest BCUT2D eigenvalue weighted by Gasteiger charge is -2.13. The first-order valence-electron chi connectivity index (χ1n) is 7.75. The molecule has 1 unspecified atom stereocenters. The number of hydrogen-bond acceptors (Lipinski definition) is 7. The zero-order valence-electron chi connectivity index (χ0n) is 13.8. The lowest BCUT2D eigenvalue weighted by Crippen LogP contribution is -2.11. The molecule has 3 rings (SSSR count). The molecule has 0 fully saturated rings. The molecule has 0 aliphatic heterocycles. The number of hydrogen-bond donors (Lipinski definition) is 2. The molecule has 1 heterocycles. The van der Waals surface area contributed by atoms with E-state index in [1.54, 1.807) is 36.4 Å². The van der Waals surface area contributed by atoms with Gasteiger partial charge in [0.25, 0.3) is 0 Å². The highest BCUT2D eigenvalue weighted by molar-refractivity contribution is 5.75. The molecule has 0 bridgehead atoms. The molecule has 0 aliphatic rings. The summed E-state index contributed by atoms with van der Waals surface area (Å²) >= 11 is 0. The maximum atomic E-state index is 11.0. The smallest absolute Gasteiger partial charge is 0.337 e. The van der Waals surface area contributed by atoms with Gasteiger partial charge in [0, 0.05) is 5.56 Å². The number of aromatic nitrogens is 2. The van der Waals surface area contributed by atoms with Crippen molar-refractivity contribution in [2.45, 2.75) is 6.10 Å². The van der Waals surface area contributed by atoms with Crippen LogP contribution in [0.25, 0.3) is 0 Å². The summed E-state index contributed by atoms with van der Waals surface area (Å²) in [5.74, 6) is -0.717. The van der Waals surface area contributed by atoms with Crippen LogP contribution in [-0.2, 0) is 4.79 Å². The minimum Gasteiger partial charge on any atom is -0.479 e. The number of nitriles is 1. The molecule has 1 atom stereocenters. The minimum atomic E-state index is -1.73. The fourth-order valence-electron chi connectivity index (χ4n) is 2.24. The largest absolute Gasteiger partial charge is 0.479 e. The number of aliphatic hydroxyl groups excluding tert-OH is 1. The van der Waals surface area contributed by atoms with Gasteiger partial charge < -0.3 is 19.7 Å². The van der Waals surface area contributed by atoms with E-state index >= 15 is 0 Å². The van der Waals surface area contributed by atoms with Gasteiger partial charge in [-0.05, 0) is 18.2 Å². The molecule has 2 N–H and O–H groups in total. The summed E-state index contributed by atoms with van der Waals surface area (Å²) in [5.41, 5.74) is 0.425. The predicted molar refractivity (Wildman–Crippen MR) is 92.4 cm³/mol. The summed E-state index contributed by atoms with van der Waals surface area (Å²) in [7, 11) is 0. The fourth-order valence-corrected chi connectivity index (χ4v) is 2.24. The zero-order valence-corrected chi connectivity index (χ0v) is 13.8. The second kappa shape index (κ2) is 7.95. The van der Waals surface area contributed by atoms with Crippen LogP contribution in [-0.4, -0.2) is 26.2 Å². The van der Waals surface area contributed by atoms with Gasteiger partial charge in [-0.25, -0.2) is 14.8 Å². The van der Waals surface area contributed by atoms with E-state index in [-0.39, 0.29) is 23.1 Å². The molecule has 0 spiro atoms. The van der Waals surface area contributed by atoms with E-state index in [9.17, 15) is 9.90 Å². The molecule has 8 heteroatoms. The summed E-state index contributed by atoms with van der Waals surface area (Å²) < 4.78 is 11.2. The van der Waals surface area contributed by atoms with Gasteiger partial charge in [-0.2, -0.15) is 5.26 Å². The van der Waals surface area contributed by atoms with Crippen LogP contribution >= 0.6 is 0 Å². The van der Waals surface area contributed by atoms with Crippen LogP contribution in [0.3, 0.4) is 0 Å². The number of benzene rings is 2. The Morgan fingerprint density at radius 1 is 1.00 bits per heavy atom. The van der Waals surface area contributed by atoms with Crippen molar-refractivity contribution in [3.05, 3.63) is 72.1 Å². The molecule has 2 aromatic carbocycles. The molecular weight excluding hydrogens is 350 g/mol. The summed E-state index contributed by atoms with van der Waals surface area (Å²) in [4.78, 5) is 19.0. The molecular formula is C19H13N3O5. The Bertz CT molecular complexity index is 1020. The molecule has 0 saturated heterocycles. The summed E-state index contributed by atoms with van der Waals surface area (Å²) in [6.07, 6.45) is -0.531. The van der Waals surface area contributed by atoms with Gasteiger partial charge in [-0.15, -0.1) is 0 Å². The number of nitrogens with zero attached hydrogens (tertiary/aromatic N) is 3. The van der Waals surface area contributed by atoms with Crippen molar-refractivity contribution in [3.63, 3.8) is 0 Å². The lowest BCUT2D eigenvalue weighted by atomic mass is 10.1. The molecule has 27 heavy (non-hydrogen) atoms. The number of aliphatic hydroxyl groups is 1. The van der Waals surface area contributed by atoms with E-state index in [4.69, 9.17) is 19.8 Å². The molecule has 134 valence electrons. The fraction of sp³-hybridized carbons (Fsp3) is 0.0526. The normalized spacial score (nSPS) is 11.3. The van der Waals surface area contributed by atoms with Crippen molar-refractivity contribution >= 4 is 5.97 Å². The van der Waals surface area contributed by atoms with Crippen LogP contribution in [0.2, 0.25) is 0 Å². The Kier molecular flexibility index (Phi) is 5.25. The molecule has 3 aromatic rings. The number of ether oxygens (including phenoxy) is 2. The van der Waals surface area contributed by atoms with Crippen molar-refractivity contribution in [2.24, 2.45) is 0 Å². The van der Waals surface area contributed by atoms with Gasteiger partial charge in [0.2, 0.25) is 11.8 Å². The molecule has 8 nitrogen and oxygen atoms in total. The van der Waals surface area contributed by atoms with E-state index < -0.39 is 12.1 Å². The maximum Gasteiger partial charge on any atom is 0.337 e. The van der Waals surface area contributed by atoms with E-state index in [2.05, 4.69) is 9.97 Å². The highest BCUT2D eigenvalue weighted by atomic mass is 16.5. The number of carboxylic acids is 1. The van der Waals surface area contributed by atoms with Crippen molar-refractivity contribution < 1.29 is 24.5 Å². The zero-order chi connectivity index (χ0) is 19.2.